The average Bonchev–Trinajstić information content (AvgIpc) is 1.65. The van der Waals surface area contributed by atoms with E-state index in [2.05, 4.69) is 0 Å². The third-order valence-electron chi connectivity index (χ3n) is 1.10. The molecule has 0 saturated heterocycles. The van der Waals surface area contributed by atoms with Crippen molar-refractivity contribution in [3.05, 3.63) is 0 Å². The molecular weight excluding hydrogens is 134 g/mol. The highest BCUT2D eigenvalue weighted by molar-refractivity contribution is 8.01. The zero-order chi connectivity index (χ0) is 7.49. The maximum absolute atomic E-state index is 10.6. The van der Waals surface area contributed by atoms with E-state index < -0.39 is 4.75 Å². The van der Waals surface area contributed by atoms with Crippen molar-refractivity contribution >= 4 is 17.7 Å². The van der Waals surface area contributed by atoms with Crippen LogP contribution in [0.25, 0.3) is 0 Å². The summed E-state index contributed by atoms with van der Waals surface area (Å²) < 4.78 is -0.394. The predicted molar refractivity (Wildman–Crippen MR) is 41.4 cm³/mol. The highest BCUT2D eigenvalue weighted by Crippen LogP contribution is 2.22. The van der Waals surface area contributed by atoms with Gasteiger partial charge in [-0.05, 0) is 19.6 Å². The molecule has 0 fully saturated rings. The topological polar surface area (TPSA) is 43.1 Å². The number of thioether (sulfide) groups is 1. The lowest BCUT2D eigenvalue weighted by Crippen LogP contribution is -2.34. The Morgan fingerprint density at radius 3 is 2.22 bits per heavy atom. The first-order valence-corrected chi connectivity index (χ1v) is 3.93. The van der Waals surface area contributed by atoms with Crippen LogP contribution in [0.5, 0.6) is 0 Å². The van der Waals surface area contributed by atoms with Gasteiger partial charge in [-0.2, -0.15) is 0 Å². The third kappa shape index (κ3) is 2.75. The Kier molecular flexibility index (Phi) is 3.04. The van der Waals surface area contributed by atoms with Crippen molar-refractivity contribution in [3.63, 3.8) is 0 Å². The molecule has 0 spiro atoms. The lowest BCUT2D eigenvalue weighted by Gasteiger charge is -2.17. The molecule has 0 radical (unpaired) electrons. The van der Waals surface area contributed by atoms with Gasteiger partial charge < -0.3 is 5.73 Å². The van der Waals surface area contributed by atoms with E-state index in [1.807, 2.05) is 20.8 Å². The molecule has 0 unspecified atom stereocenters. The van der Waals surface area contributed by atoms with Crippen molar-refractivity contribution in [1.29, 1.82) is 0 Å². The molecule has 0 atom stereocenters. The maximum atomic E-state index is 10.6. The molecule has 0 aromatic rings. The van der Waals surface area contributed by atoms with Gasteiger partial charge in [0.15, 0.2) is 0 Å². The number of amides is 1. The van der Waals surface area contributed by atoms with E-state index in [0.717, 1.165) is 5.75 Å². The fraction of sp³-hybridized carbons (Fsp3) is 0.833. The minimum Gasteiger partial charge on any atom is -0.368 e. The average molecular weight is 147 g/mol. The van der Waals surface area contributed by atoms with Gasteiger partial charge in [0.05, 0.1) is 4.75 Å². The fourth-order valence-electron chi connectivity index (χ4n) is 0.432. The van der Waals surface area contributed by atoms with Gasteiger partial charge in [-0.3, -0.25) is 4.79 Å². The molecule has 54 valence electrons. The summed E-state index contributed by atoms with van der Waals surface area (Å²) in [7, 11) is 0. The highest BCUT2D eigenvalue weighted by Gasteiger charge is 2.23. The lowest BCUT2D eigenvalue weighted by atomic mass is 10.2. The first kappa shape index (κ1) is 8.82. The first-order valence-electron chi connectivity index (χ1n) is 2.94. The zero-order valence-electron chi connectivity index (χ0n) is 6.10. The minimum absolute atomic E-state index is 0.241. The van der Waals surface area contributed by atoms with E-state index in [1.165, 1.54) is 0 Å². The van der Waals surface area contributed by atoms with E-state index in [4.69, 9.17) is 5.73 Å². The second-order valence-electron chi connectivity index (χ2n) is 2.31. The Morgan fingerprint density at radius 2 is 2.11 bits per heavy atom. The Labute approximate surface area is 60.2 Å². The molecule has 0 aliphatic rings. The van der Waals surface area contributed by atoms with E-state index in [9.17, 15) is 4.79 Å². The van der Waals surface area contributed by atoms with Crippen molar-refractivity contribution in [2.75, 3.05) is 5.75 Å². The van der Waals surface area contributed by atoms with Crippen LogP contribution in [-0.4, -0.2) is 16.4 Å². The SMILES string of the molecule is CCSC(C)(C)C(N)=O. The van der Waals surface area contributed by atoms with Crippen LogP contribution in [0.15, 0.2) is 0 Å². The number of carbonyl (C=O) groups is 1. The van der Waals surface area contributed by atoms with Gasteiger partial charge in [0, 0.05) is 0 Å². The minimum atomic E-state index is -0.394. The zero-order valence-corrected chi connectivity index (χ0v) is 6.92. The van der Waals surface area contributed by atoms with Gasteiger partial charge in [-0.15, -0.1) is 11.8 Å². The Bertz CT molecular complexity index is 112. The van der Waals surface area contributed by atoms with Crippen LogP contribution in [0.2, 0.25) is 0 Å². The van der Waals surface area contributed by atoms with Gasteiger partial charge >= 0.3 is 0 Å². The van der Waals surface area contributed by atoms with Crippen molar-refractivity contribution < 1.29 is 4.79 Å². The summed E-state index contributed by atoms with van der Waals surface area (Å²) in [5.41, 5.74) is 5.10. The van der Waals surface area contributed by atoms with Crippen LogP contribution in [-0.2, 0) is 4.79 Å². The molecule has 0 rings (SSSR count). The molecule has 0 bridgehead atoms. The first-order chi connectivity index (χ1) is 4.00. The lowest BCUT2D eigenvalue weighted by molar-refractivity contribution is -0.119. The summed E-state index contributed by atoms with van der Waals surface area (Å²) >= 11 is 1.57. The highest BCUT2D eigenvalue weighted by atomic mass is 32.2. The molecule has 3 heteroatoms. The molecule has 2 N–H and O–H groups in total. The number of hydrogen-bond donors (Lipinski definition) is 1. The van der Waals surface area contributed by atoms with Crippen LogP contribution in [0.4, 0.5) is 0 Å². The summed E-state index contributed by atoms with van der Waals surface area (Å²) in [5.74, 6) is 0.685. The van der Waals surface area contributed by atoms with Gasteiger partial charge in [0.25, 0.3) is 0 Å². The van der Waals surface area contributed by atoms with Crippen LogP contribution in [0.3, 0.4) is 0 Å². The quantitative estimate of drug-likeness (QED) is 0.647. The number of nitrogens with two attached hydrogens (primary N) is 1. The van der Waals surface area contributed by atoms with E-state index in [0.29, 0.717) is 0 Å². The number of hydrogen-bond acceptors (Lipinski definition) is 2. The Morgan fingerprint density at radius 1 is 1.67 bits per heavy atom. The normalized spacial score (nSPS) is 11.4. The van der Waals surface area contributed by atoms with Gasteiger partial charge in [-0.1, -0.05) is 6.92 Å². The van der Waals surface area contributed by atoms with E-state index in [1.54, 1.807) is 11.8 Å². The molecule has 0 aromatic heterocycles. The molecule has 0 saturated carbocycles. The largest absolute Gasteiger partial charge is 0.368 e. The van der Waals surface area contributed by atoms with Crippen molar-refractivity contribution in [3.8, 4) is 0 Å². The molecule has 0 heterocycles. The summed E-state index contributed by atoms with van der Waals surface area (Å²) in [6, 6.07) is 0. The predicted octanol–water partition coefficient (Wildman–Crippen LogP) is 1.00. The molecule has 1 amide bonds. The van der Waals surface area contributed by atoms with Crippen molar-refractivity contribution in [1.82, 2.24) is 0 Å². The standard InChI is InChI=1S/C6H13NOS/c1-4-9-6(2,3)5(7)8/h4H2,1-3H3,(H2,7,8). The second kappa shape index (κ2) is 3.11. The van der Waals surface area contributed by atoms with Crippen LogP contribution < -0.4 is 5.73 Å². The number of primary amides is 1. The van der Waals surface area contributed by atoms with Crippen molar-refractivity contribution in [2.24, 2.45) is 5.73 Å². The molecule has 9 heavy (non-hydrogen) atoms. The second-order valence-corrected chi connectivity index (χ2v) is 4.19. The van der Waals surface area contributed by atoms with Crippen LogP contribution in [0, 0.1) is 0 Å². The van der Waals surface area contributed by atoms with E-state index in [-0.39, 0.29) is 5.91 Å². The summed E-state index contributed by atoms with van der Waals surface area (Å²) in [4.78, 5) is 10.6. The summed E-state index contributed by atoms with van der Waals surface area (Å²) in [5, 5.41) is 0. The Balaban J connectivity index is 3.85. The molecular formula is C6H13NOS. The van der Waals surface area contributed by atoms with Crippen LogP contribution in [0.1, 0.15) is 20.8 Å². The van der Waals surface area contributed by atoms with Gasteiger partial charge in [0.1, 0.15) is 0 Å². The molecule has 2 nitrogen and oxygen atoms in total. The maximum Gasteiger partial charge on any atom is 0.233 e. The van der Waals surface area contributed by atoms with Gasteiger partial charge in [-0.25, -0.2) is 0 Å². The molecule has 0 aliphatic heterocycles. The van der Waals surface area contributed by atoms with Crippen LogP contribution >= 0.6 is 11.8 Å². The number of rotatable bonds is 3. The monoisotopic (exact) mass is 147 g/mol. The van der Waals surface area contributed by atoms with E-state index >= 15 is 0 Å². The Hall–Kier alpha value is -0.180. The molecule has 0 aromatic carbocycles. The van der Waals surface area contributed by atoms with Crippen molar-refractivity contribution in [2.45, 2.75) is 25.5 Å². The smallest absolute Gasteiger partial charge is 0.233 e. The fourth-order valence-corrected chi connectivity index (χ4v) is 1.30. The number of carbonyl (C=O) groups excluding carboxylic acids is 1. The third-order valence-corrected chi connectivity index (χ3v) is 2.31. The summed E-state index contributed by atoms with van der Waals surface area (Å²) in [6.45, 7) is 5.68. The molecule has 0 aliphatic carbocycles. The van der Waals surface area contributed by atoms with Gasteiger partial charge in [0.2, 0.25) is 5.91 Å². The summed E-state index contributed by atoms with van der Waals surface area (Å²) in [6.07, 6.45) is 0.